The highest BCUT2D eigenvalue weighted by Crippen LogP contribution is 2.25. The molecule has 0 aliphatic carbocycles. The monoisotopic (exact) mass is 289 g/mol. The summed E-state index contributed by atoms with van der Waals surface area (Å²) in [5, 5.41) is 4.31. The molecule has 0 aromatic heterocycles. The maximum absolute atomic E-state index is 14.4. The van der Waals surface area contributed by atoms with Crippen molar-refractivity contribution in [2.45, 2.75) is 13.3 Å². The summed E-state index contributed by atoms with van der Waals surface area (Å²) in [5.74, 6) is 0.0427. The summed E-state index contributed by atoms with van der Waals surface area (Å²) in [7, 11) is 0. The molecule has 0 bridgehead atoms. The van der Waals surface area contributed by atoms with Crippen LogP contribution in [0, 0.1) is 11.7 Å². The van der Waals surface area contributed by atoms with Gasteiger partial charge in [0.05, 0.1) is 24.6 Å². The van der Waals surface area contributed by atoms with Crippen LogP contribution in [0.15, 0.2) is 35.6 Å². The predicted octanol–water partition coefficient (Wildman–Crippen LogP) is 2.51. The SMILES string of the molecule is C=C1CC(C)C(c2ccc(N3CCOCC3)c(F)c2)=NN1. The van der Waals surface area contributed by atoms with E-state index < -0.39 is 0 Å². The van der Waals surface area contributed by atoms with Crippen molar-refractivity contribution >= 4 is 11.4 Å². The van der Waals surface area contributed by atoms with E-state index in [4.69, 9.17) is 4.74 Å². The Kier molecular flexibility index (Phi) is 3.92. The minimum atomic E-state index is -0.200. The van der Waals surface area contributed by atoms with Gasteiger partial charge in [-0.05, 0) is 18.6 Å². The quantitative estimate of drug-likeness (QED) is 0.909. The number of nitrogens with zero attached hydrogens (tertiary/aromatic N) is 2. The molecule has 5 heteroatoms. The predicted molar refractivity (Wildman–Crippen MR) is 82.0 cm³/mol. The van der Waals surface area contributed by atoms with E-state index in [9.17, 15) is 4.39 Å². The van der Waals surface area contributed by atoms with E-state index >= 15 is 0 Å². The van der Waals surface area contributed by atoms with Crippen molar-refractivity contribution in [2.75, 3.05) is 31.2 Å². The third kappa shape index (κ3) is 2.93. The van der Waals surface area contributed by atoms with Gasteiger partial charge < -0.3 is 9.64 Å². The number of nitrogens with one attached hydrogen (secondary N) is 1. The Morgan fingerprint density at radius 3 is 2.81 bits per heavy atom. The first kappa shape index (κ1) is 14.1. The summed E-state index contributed by atoms with van der Waals surface area (Å²) >= 11 is 0. The molecular formula is C16H20FN3O. The summed E-state index contributed by atoms with van der Waals surface area (Å²) in [6, 6.07) is 5.36. The van der Waals surface area contributed by atoms with Crippen LogP contribution in [0.2, 0.25) is 0 Å². The zero-order valence-electron chi connectivity index (χ0n) is 12.2. The van der Waals surface area contributed by atoms with Crippen LogP contribution in [0.1, 0.15) is 18.9 Å². The van der Waals surface area contributed by atoms with Crippen LogP contribution in [0.5, 0.6) is 0 Å². The molecule has 1 saturated heterocycles. The number of hydrogen-bond donors (Lipinski definition) is 1. The van der Waals surface area contributed by atoms with Crippen molar-refractivity contribution < 1.29 is 9.13 Å². The third-order valence-electron chi connectivity index (χ3n) is 3.95. The van der Waals surface area contributed by atoms with Crippen LogP contribution in [0.25, 0.3) is 0 Å². The number of hydrazone groups is 1. The number of allylic oxidation sites excluding steroid dienone is 1. The average molecular weight is 289 g/mol. The summed E-state index contributed by atoms with van der Waals surface area (Å²) < 4.78 is 19.7. The van der Waals surface area contributed by atoms with Gasteiger partial charge in [-0.2, -0.15) is 5.10 Å². The standard InChI is InChI=1S/C16H20FN3O/c1-11-9-12(2)18-19-16(11)13-3-4-15(14(17)10-13)20-5-7-21-8-6-20/h3-4,10-11,18H,2,5-9H2,1H3. The second-order valence-corrected chi connectivity index (χ2v) is 5.58. The Balaban J connectivity index is 1.85. The average Bonchev–Trinajstić information content (AvgIpc) is 2.48. The Hall–Kier alpha value is -1.88. The molecule has 1 fully saturated rings. The van der Waals surface area contributed by atoms with Gasteiger partial charge in [-0.15, -0.1) is 0 Å². The minimum absolute atomic E-state index is 0.200. The lowest BCUT2D eigenvalue weighted by molar-refractivity contribution is 0.122. The fraction of sp³-hybridized carbons (Fsp3) is 0.438. The Morgan fingerprint density at radius 2 is 2.14 bits per heavy atom. The largest absolute Gasteiger partial charge is 0.378 e. The van der Waals surface area contributed by atoms with Crippen LogP contribution in [0.3, 0.4) is 0 Å². The number of rotatable bonds is 2. The fourth-order valence-electron chi connectivity index (χ4n) is 2.84. The Bertz CT molecular complexity index is 579. The van der Waals surface area contributed by atoms with Crippen molar-refractivity contribution in [3.05, 3.63) is 41.9 Å². The number of ether oxygens (including phenoxy) is 1. The lowest BCUT2D eigenvalue weighted by Crippen LogP contribution is -2.36. The van der Waals surface area contributed by atoms with E-state index in [1.165, 1.54) is 0 Å². The molecular weight excluding hydrogens is 269 g/mol. The molecule has 0 saturated carbocycles. The molecule has 3 rings (SSSR count). The number of halogens is 1. The normalized spacial score (nSPS) is 22.8. The van der Waals surface area contributed by atoms with E-state index in [1.54, 1.807) is 6.07 Å². The maximum atomic E-state index is 14.4. The van der Waals surface area contributed by atoms with Crippen molar-refractivity contribution in [2.24, 2.45) is 11.0 Å². The van der Waals surface area contributed by atoms with Crippen LogP contribution >= 0.6 is 0 Å². The summed E-state index contributed by atoms with van der Waals surface area (Å²) in [5.41, 5.74) is 6.16. The molecule has 1 atom stereocenters. The Morgan fingerprint density at radius 1 is 1.38 bits per heavy atom. The van der Waals surface area contributed by atoms with E-state index in [-0.39, 0.29) is 11.7 Å². The first-order valence-corrected chi connectivity index (χ1v) is 7.29. The van der Waals surface area contributed by atoms with Crippen LogP contribution in [0.4, 0.5) is 10.1 Å². The summed E-state index contributed by atoms with van der Waals surface area (Å²) in [4.78, 5) is 2.02. The molecule has 2 aliphatic rings. The summed E-state index contributed by atoms with van der Waals surface area (Å²) in [6.45, 7) is 8.72. The topological polar surface area (TPSA) is 36.9 Å². The van der Waals surface area contributed by atoms with Crippen molar-refractivity contribution in [3.8, 4) is 0 Å². The molecule has 1 unspecified atom stereocenters. The van der Waals surface area contributed by atoms with Gasteiger partial charge in [0.15, 0.2) is 0 Å². The van der Waals surface area contributed by atoms with E-state index in [1.807, 2.05) is 17.0 Å². The second-order valence-electron chi connectivity index (χ2n) is 5.58. The van der Waals surface area contributed by atoms with Crippen LogP contribution < -0.4 is 10.3 Å². The summed E-state index contributed by atoms with van der Waals surface area (Å²) in [6.07, 6.45) is 0.825. The maximum Gasteiger partial charge on any atom is 0.147 e. The van der Waals surface area contributed by atoms with E-state index in [0.29, 0.717) is 18.9 Å². The molecule has 1 aromatic rings. The molecule has 112 valence electrons. The second kappa shape index (κ2) is 5.85. The van der Waals surface area contributed by atoms with E-state index in [0.717, 1.165) is 36.5 Å². The molecule has 1 aromatic carbocycles. The smallest absolute Gasteiger partial charge is 0.147 e. The Labute approximate surface area is 124 Å². The van der Waals surface area contributed by atoms with Gasteiger partial charge in [0, 0.05) is 30.3 Å². The zero-order chi connectivity index (χ0) is 14.8. The lowest BCUT2D eigenvalue weighted by atomic mass is 9.93. The number of benzene rings is 1. The fourth-order valence-corrected chi connectivity index (χ4v) is 2.84. The highest BCUT2D eigenvalue weighted by molar-refractivity contribution is 6.02. The van der Waals surface area contributed by atoms with Gasteiger partial charge in [-0.25, -0.2) is 4.39 Å². The molecule has 0 amide bonds. The van der Waals surface area contributed by atoms with Crippen molar-refractivity contribution in [3.63, 3.8) is 0 Å². The number of morpholine rings is 1. The molecule has 2 heterocycles. The van der Waals surface area contributed by atoms with E-state index in [2.05, 4.69) is 24.0 Å². The van der Waals surface area contributed by atoms with Crippen LogP contribution in [-0.2, 0) is 4.74 Å². The lowest BCUT2D eigenvalue weighted by Gasteiger charge is -2.29. The molecule has 0 radical (unpaired) electrons. The van der Waals surface area contributed by atoms with Crippen molar-refractivity contribution in [1.29, 1.82) is 0 Å². The highest BCUT2D eigenvalue weighted by atomic mass is 19.1. The molecule has 1 N–H and O–H groups in total. The van der Waals surface area contributed by atoms with Gasteiger partial charge in [-0.1, -0.05) is 19.6 Å². The van der Waals surface area contributed by atoms with Gasteiger partial charge >= 0.3 is 0 Å². The van der Waals surface area contributed by atoms with Crippen molar-refractivity contribution in [1.82, 2.24) is 5.43 Å². The first-order valence-electron chi connectivity index (χ1n) is 7.29. The van der Waals surface area contributed by atoms with Gasteiger partial charge in [0.25, 0.3) is 0 Å². The molecule has 0 spiro atoms. The zero-order valence-corrected chi connectivity index (χ0v) is 12.2. The molecule has 21 heavy (non-hydrogen) atoms. The number of hydrogen-bond acceptors (Lipinski definition) is 4. The minimum Gasteiger partial charge on any atom is -0.378 e. The van der Waals surface area contributed by atoms with Gasteiger partial charge in [0.1, 0.15) is 5.82 Å². The molecule has 2 aliphatic heterocycles. The first-order chi connectivity index (χ1) is 10.1. The van der Waals surface area contributed by atoms with Crippen LogP contribution in [-0.4, -0.2) is 32.0 Å². The van der Waals surface area contributed by atoms with Gasteiger partial charge in [-0.3, -0.25) is 5.43 Å². The van der Waals surface area contributed by atoms with Gasteiger partial charge in [0.2, 0.25) is 0 Å². The highest BCUT2D eigenvalue weighted by Gasteiger charge is 2.21. The third-order valence-corrected chi connectivity index (χ3v) is 3.95. The number of anilines is 1. The molecule has 4 nitrogen and oxygen atoms in total.